The zero-order valence-electron chi connectivity index (χ0n) is 7.58. The Bertz CT molecular complexity index is 368. The zero-order chi connectivity index (χ0) is 10.7. The number of halogens is 1. The number of anilines is 1. The number of carboxylic acids is 1. The molecule has 0 bridgehead atoms. The lowest BCUT2D eigenvalue weighted by molar-refractivity contribution is 0.0692. The highest BCUT2D eigenvalue weighted by molar-refractivity contribution is 7.99. The van der Waals surface area contributed by atoms with E-state index in [9.17, 15) is 9.18 Å². The van der Waals surface area contributed by atoms with Crippen LogP contribution < -0.4 is 5.73 Å². The van der Waals surface area contributed by atoms with E-state index in [0.717, 1.165) is 17.9 Å². The summed E-state index contributed by atoms with van der Waals surface area (Å²) in [5, 5.41) is 8.61. The van der Waals surface area contributed by atoms with E-state index in [1.165, 1.54) is 11.8 Å². The van der Waals surface area contributed by atoms with Crippen LogP contribution in [-0.2, 0) is 0 Å². The summed E-state index contributed by atoms with van der Waals surface area (Å²) in [4.78, 5) is 11.1. The molecule has 0 aromatic heterocycles. The zero-order valence-corrected chi connectivity index (χ0v) is 8.40. The minimum Gasteiger partial charge on any atom is -0.478 e. The van der Waals surface area contributed by atoms with E-state index in [-0.39, 0.29) is 5.56 Å². The van der Waals surface area contributed by atoms with Crippen LogP contribution in [0.1, 0.15) is 17.3 Å². The Hall–Kier alpha value is -1.23. The van der Waals surface area contributed by atoms with Crippen molar-refractivity contribution >= 4 is 23.4 Å². The maximum Gasteiger partial charge on any atom is 0.338 e. The van der Waals surface area contributed by atoms with Gasteiger partial charge in [-0.2, -0.15) is 0 Å². The maximum absolute atomic E-state index is 13.2. The summed E-state index contributed by atoms with van der Waals surface area (Å²) in [6, 6.07) is 2.31. The van der Waals surface area contributed by atoms with Crippen LogP contribution in [0.4, 0.5) is 10.1 Å². The molecule has 0 atom stereocenters. The third-order valence-corrected chi connectivity index (χ3v) is 2.58. The number of thioether (sulfide) groups is 1. The van der Waals surface area contributed by atoms with E-state index in [1.807, 2.05) is 6.92 Å². The molecular formula is C9H10FNO2S. The third kappa shape index (κ3) is 2.17. The van der Waals surface area contributed by atoms with Crippen molar-refractivity contribution in [1.82, 2.24) is 0 Å². The van der Waals surface area contributed by atoms with Gasteiger partial charge in [-0.15, -0.1) is 11.8 Å². The molecule has 0 spiro atoms. The first-order valence-electron chi connectivity index (χ1n) is 4.01. The molecule has 0 heterocycles. The highest BCUT2D eigenvalue weighted by Gasteiger charge is 2.13. The molecule has 3 nitrogen and oxygen atoms in total. The largest absolute Gasteiger partial charge is 0.478 e. The fraction of sp³-hybridized carbons (Fsp3) is 0.222. The van der Waals surface area contributed by atoms with E-state index < -0.39 is 11.8 Å². The summed E-state index contributed by atoms with van der Waals surface area (Å²) >= 11 is 1.38. The van der Waals surface area contributed by atoms with Crippen LogP contribution in [0.5, 0.6) is 0 Å². The number of rotatable bonds is 3. The topological polar surface area (TPSA) is 63.3 Å². The summed E-state index contributed by atoms with van der Waals surface area (Å²) in [5.41, 5.74) is 5.48. The van der Waals surface area contributed by atoms with Gasteiger partial charge in [-0.05, 0) is 17.9 Å². The Morgan fingerprint density at radius 3 is 2.79 bits per heavy atom. The molecule has 5 heteroatoms. The number of nitrogens with two attached hydrogens (primary N) is 1. The van der Waals surface area contributed by atoms with Gasteiger partial charge >= 0.3 is 5.97 Å². The Kier molecular flexibility index (Phi) is 3.35. The van der Waals surface area contributed by atoms with Crippen molar-refractivity contribution in [2.45, 2.75) is 11.8 Å². The summed E-state index contributed by atoms with van der Waals surface area (Å²) in [6.07, 6.45) is 0. The molecule has 1 aromatic carbocycles. The molecule has 0 radical (unpaired) electrons. The molecule has 0 aliphatic rings. The molecular weight excluding hydrogens is 205 g/mol. The molecule has 1 aromatic rings. The minimum atomic E-state index is -1.30. The molecule has 1 rings (SSSR count). The molecule has 0 fully saturated rings. The van der Waals surface area contributed by atoms with Crippen LogP contribution in [0, 0.1) is 5.82 Å². The Morgan fingerprint density at radius 1 is 1.64 bits per heavy atom. The molecule has 0 saturated carbocycles. The van der Waals surface area contributed by atoms with Gasteiger partial charge in [0.05, 0.1) is 5.56 Å². The number of hydrogen-bond acceptors (Lipinski definition) is 3. The van der Waals surface area contributed by atoms with Gasteiger partial charge in [0.25, 0.3) is 0 Å². The van der Waals surface area contributed by atoms with Gasteiger partial charge < -0.3 is 10.8 Å². The second-order valence-electron chi connectivity index (χ2n) is 2.61. The fourth-order valence-corrected chi connectivity index (χ4v) is 1.74. The Labute approximate surface area is 85.1 Å². The van der Waals surface area contributed by atoms with E-state index in [0.29, 0.717) is 10.6 Å². The first-order chi connectivity index (χ1) is 6.56. The summed E-state index contributed by atoms with van der Waals surface area (Å²) in [6.45, 7) is 1.91. The lowest BCUT2D eigenvalue weighted by Gasteiger charge is -2.05. The number of aromatic carboxylic acids is 1. The number of nitrogen functional groups attached to an aromatic ring is 1. The van der Waals surface area contributed by atoms with Crippen LogP contribution in [0.25, 0.3) is 0 Å². The average molecular weight is 215 g/mol. The van der Waals surface area contributed by atoms with Gasteiger partial charge in [-0.1, -0.05) is 6.92 Å². The molecule has 0 unspecified atom stereocenters. The van der Waals surface area contributed by atoms with Crippen molar-refractivity contribution in [3.8, 4) is 0 Å². The van der Waals surface area contributed by atoms with Crippen LogP contribution >= 0.6 is 11.8 Å². The molecule has 3 N–H and O–H groups in total. The van der Waals surface area contributed by atoms with E-state index in [2.05, 4.69) is 0 Å². The number of carboxylic acid groups (broad SMARTS) is 1. The maximum atomic E-state index is 13.2. The SMILES string of the molecule is CCSc1cc(F)c(C(=O)O)cc1N. The standard InChI is InChI=1S/C9H10FNO2S/c1-2-14-8-4-6(10)5(9(12)13)3-7(8)11/h3-4H,2,11H2,1H3,(H,12,13). The summed E-state index contributed by atoms with van der Waals surface area (Å²) < 4.78 is 13.2. The molecule has 0 saturated heterocycles. The van der Waals surface area contributed by atoms with Gasteiger partial charge in [0.15, 0.2) is 0 Å². The van der Waals surface area contributed by atoms with Crippen LogP contribution in [0.2, 0.25) is 0 Å². The predicted molar refractivity (Wildman–Crippen MR) is 54.2 cm³/mol. The third-order valence-electron chi connectivity index (χ3n) is 1.63. The molecule has 14 heavy (non-hydrogen) atoms. The van der Waals surface area contributed by atoms with Crippen molar-refractivity contribution in [3.05, 3.63) is 23.5 Å². The second-order valence-corrected chi connectivity index (χ2v) is 3.91. The van der Waals surface area contributed by atoms with E-state index in [4.69, 9.17) is 10.8 Å². The van der Waals surface area contributed by atoms with Crippen molar-refractivity contribution in [2.24, 2.45) is 0 Å². The summed E-state index contributed by atoms with van der Waals surface area (Å²) in [7, 11) is 0. The van der Waals surface area contributed by atoms with Gasteiger partial charge in [0, 0.05) is 10.6 Å². The monoisotopic (exact) mass is 215 g/mol. The quantitative estimate of drug-likeness (QED) is 0.599. The van der Waals surface area contributed by atoms with Crippen molar-refractivity contribution in [3.63, 3.8) is 0 Å². The smallest absolute Gasteiger partial charge is 0.338 e. The molecule has 0 amide bonds. The second kappa shape index (κ2) is 4.32. The van der Waals surface area contributed by atoms with E-state index >= 15 is 0 Å². The minimum absolute atomic E-state index is 0.302. The predicted octanol–water partition coefficient (Wildman–Crippen LogP) is 2.22. The van der Waals surface area contributed by atoms with Gasteiger partial charge in [0.2, 0.25) is 0 Å². The van der Waals surface area contributed by atoms with Crippen molar-refractivity contribution in [1.29, 1.82) is 0 Å². The van der Waals surface area contributed by atoms with Gasteiger partial charge in [0.1, 0.15) is 5.82 Å². The normalized spacial score (nSPS) is 10.1. The number of carbonyl (C=O) groups is 1. The molecule has 76 valence electrons. The van der Waals surface area contributed by atoms with E-state index in [1.54, 1.807) is 0 Å². The lowest BCUT2D eigenvalue weighted by Crippen LogP contribution is -2.03. The first kappa shape index (κ1) is 10.8. The van der Waals surface area contributed by atoms with Gasteiger partial charge in [-0.3, -0.25) is 0 Å². The van der Waals surface area contributed by atoms with Crippen molar-refractivity contribution in [2.75, 3.05) is 11.5 Å². The fourth-order valence-electron chi connectivity index (χ4n) is 1.02. The highest BCUT2D eigenvalue weighted by atomic mass is 32.2. The highest BCUT2D eigenvalue weighted by Crippen LogP contribution is 2.27. The lowest BCUT2D eigenvalue weighted by atomic mass is 10.2. The van der Waals surface area contributed by atoms with Crippen LogP contribution in [0.3, 0.4) is 0 Å². The van der Waals surface area contributed by atoms with Gasteiger partial charge in [-0.25, -0.2) is 9.18 Å². The van der Waals surface area contributed by atoms with Crippen molar-refractivity contribution < 1.29 is 14.3 Å². The van der Waals surface area contributed by atoms with Crippen LogP contribution in [0.15, 0.2) is 17.0 Å². The Balaban J connectivity index is 3.17. The molecule has 0 aliphatic carbocycles. The van der Waals surface area contributed by atoms with Crippen LogP contribution in [-0.4, -0.2) is 16.8 Å². The summed E-state index contributed by atoms with van der Waals surface area (Å²) in [5.74, 6) is -1.29. The molecule has 0 aliphatic heterocycles. The first-order valence-corrected chi connectivity index (χ1v) is 5.00. The Morgan fingerprint density at radius 2 is 2.29 bits per heavy atom. The number of hydrogen-bond donors (Lipinski definition) is 2. The average Bonchev–Trinajstić information content (AvgIpc) is 2.10. The number of benzene rings is 1.